The van der Waals surface area contributed by atoms with E-state index >= 15 is 0 Å². The third kappa shape index (κ3) is 8.99. The van der Waals surface area contributed by atoms with E-state index in [2.05, 4.69) is 39.5 Å². The van der Waals surface area contributed by atoms with Gasteiger partial charge in [0.2, 0.25) is 0 Å². The molecule has 0 aromatic carbocycles. The lowest BCUT2D eigenvalue weighted by Gasteiger charge is -2.27. The van der Waals surface area contributed by atoms with E-state index in [0.717, 1.165) is 36.8 Å². The second-order valence-electron chi connectivity index (χ2n) is 8.43. The maximum absolute atomic E-state index is 11.9. The molecule has 0 spiro atoms. The molecular formula is C25H38O3. The summed E-state index contributed by atoms with van der Waals surface area (Å²) in [6.07, 6.45) is 11.4. The van der Waals surface area contributed by atoms with Gasteiger partial charge in [-0.05, 0) is 78.4 Å². The largest absolute Gasteiger partial charge is 0.389 e. The van der Waals surface area contributed by atoms with Crippen molar-refractivity contribution in [3.8, 4) is 0 Å². The van der Waals surface area contributed by atoms with Crippen molar-refractivity contribution in [2.45, 2.75) is 85.4 Å². The Morgan fingerprint density at radius 3 is 2.43 bits per heavy atom. The van der Waals surface area contributed by atoms with E-state index < -0.39 is 12.2 Å². The number of ketones is 1. The summed E-state index contributed by atoms with van der Waals surface area (Å²) in [5, 5.41) is 20.5. The van der Waals surface area contributed by atoms with E-state index in [4.69, 9.17) is 0 Å². The van der Waals surface area contributed by atoms with Gasteiger partial charge in [0.1, 0.15) is 0 Å². The molecule has 28 heavy (non-hydrogen) atoms. The summed E-state index contributed by atoms with van der Waals surface area (Å²) in [5.41, 5.74) is 5.25. The molecule has 3 heteroatoms. The molecule has 156 valence electrons. The SMILES string of the molecule is C=C(C[C@H](O)C=C(C)CC/C=C(\C)CCC=C(C)C)[C@H]1CC(=O)C(C)=C[C@H]1O. The van der Waals surface area contributed by atoms with Crippen LogP contribution in [0.1, 0.15) is 73.1 Å². The van der Waals surface area contributed by atoms with Crippen LogP contribution in [0, 0.1) is 5.92 Å². The monoisotopic (exact) mass is 386 g/mol. The van der Waals surface area contributed by atoms with Crippen molar-refractivity contribution in [2.24, 2.45) is 5.92 Å². The Hall–Kier alpha value is -1.71. The number of carbonyl (C=O) groups excluding carboxylic acids is 1. The first-order valence-corrected chi connectivity index (χ1v) is 10.3. The summed E-state index contributed by atoms with van der Waals surface area (Å²) < 4.78 is 0. The van der Waals surface area contributed by atoms with Crippen molar-refractivity contribution >= 4 is 5.78 Å². The van der Waals surface area contributed by atoms with E-state index in [1.165, 1.54) is 11.1 Å². The van der Waals surface area contributed by atoms with E-state index in [1.54, 1.807) is 13.0 Å². The zero-order valence-electron chi connectivity index (χ0n) is 18.3. The van der Waals surface area contributed by atoms with Gasteiger partial charge in [0.25, 0.3) is 0 Å². The molecule has 0 amide bonds. The highest BCUT2D eigenvalue weighted by atomic mass is 16.3. The summed E-state index contributed by atoms with van der Waals surface area (Å²) >= 11 is 0. The molecular weight excluding hydrogens is 348 g/mol. The molecule has 0 unspecified atom stereocenters. The van der Waals surface area contributed by atoms with Crippen molar-refractivity contribution in [3.05, 3.63) is 58.7 Å². The molecule has 0 aromatic rings. The lowest BCUT2D eigenvalue weighted by Crippen LogP contribution is -2.29. The number of hydrogen-bond acceptors (Lipinski definition) is 3. The van der Waals surface area contributed by atoms with Crippen LogP contribution < -0.4 is 0 Å². The van der Waals surface area contributed by atoms with Crippen LogP contribution in [0.4, 0.5) is 0 Å². The quantitative estimate of drug-likeness (QED) is 0.480. The highest BCUT2D eigenvalue weighted by molar-refractivity contribution is 5.96. The van der Waals surface area contributed by atoms with Crippen LogP contribution in [0.3, 0.4) is 0 Å². The van der Waals surface area contributed by atoms with Gasteiger partial charge in [-0.2, -0.15) is 0 Å². The van der Waals surface area contributed by atoms with Gasteiger partial charge < -0.3 is 10.2 Å². The van der Waals surface area contributed by atoms with E-state index in [1.807, 2.05) is 13.0 Å². The van der Waals surface area contributed by atoms with Crippen LogP contribution >= 0.6 is 0 Å². The smallest absolute Gasteiger partial charge is 0.159 e. The predicted molar refractivity (Wildman–Crippen MR) is 118 cm³/mol. The molecule has 3 atom stereocenters. The topological polar surface area (TPSA) is 57.5 Å². The molecule has 1 aliphatic carbocycles. The fourth-order valence-corrected chi connectivity index (χ4v) is 3.46. The summed E-state index contributed by atoms with van der Waals surface area (Å²) in [5.74, 6) is -0.254. The fraction of sp³-hybridized carbons (Fsp3) is 0.560. The Bertz CT molecular complexity index is 672. The van der Waals surface area contributed by atoms with E-state index in [-0.39, 0.29) is 18.1 Å². The highest BCUT2D eigenvalue weighted by Crippen LogP contribution is 2.29. The molecule has 1 aliphatic rings. The zero-order valence-corrected chi connectivity index (χ0v) is 18.3. The van der Waals surface area contributed by atoms with Crippen LogP contribution in [0.25, 0.3) is 0 Å². The Balaban J connectivity index is 2.47. The van der Waals surface area contributed by atoms with Crippen LogP contribution in [0.2, 0.25) is 0 Å². The lowest BCUT2D eigenvalue weighted by atomic mass is 9.80. The van der Waals surface area contributed by atoms with Gasteiger partial charge in [-0.25, -0.2) is 0 Å². The molecule has 0 aliphatic heterocycles. The average Bonchev–Trinajstić information content (AvgIpc) is 2.57. The third-order valence-electron chi connectivity index (χ3n) is 5.27. The Labute approximate surface area is 171 Å². The van der Waals surface area contributed by atoms with Gasteiger partial charge in [-0.3, -0.25) is 4.79 Å². The van der Waals surface area contributed by atoms with Gasteiger partial charge in [-0.15, -0.1) is 0 Å². The number of allylic oxidation sites excluding steroid dienone is 6. The number of Topliss-reactive ketones (excluding diaryl/α,β-unsaturated/α-hetero) is 1. The minimum atomic E-state index is -0.693. The highest BCUT2D eigenvalue weighted by Gasteiger charge is 2.29. The van der Waals surface area contributed by atoms with Crippen molar-refractivity contribution < 1.29 is 15.0 Å². The number of rotatable bonds is 10. The van der Waals surface area contributed by atoms with E-state index in [9.17, 15) is 15.0 Å². The van der Waals surface area contributed by atoms with Crippen LogP contribution in [-0.2, 0) is 4.79 Å². The van der Waals surface area contributed by atoms with Gasteiger partial charge >= 0.3 is 0 Å². The second kappa shape index (κ2) is 12.0. The second-order valence-corrected chi connectivity index (χ2v) is 8.43. The maximum Gasteiger partial charge on any atom is 0.159 e. The molecule has 0 fully saturated rings. The van der Waals surface area contributed by atoms with Gasteiger partial charge in [-0.1, -0.05) is 47.1 Å². The number of aliphatic hydroxyl groups excluding tert-OH is 2. The molecule has 1 rings (SSSR count). The zero-order chi connectivity index (χ0) is 21.3. The van der Waals surface area contributed by atoms with Gasteiger partial charge in [0.05, 0.1) is 12.2 Å². The van der Waals surface area contributed by atoms with Crippen molar-refractivity contribution in [2.75, 3.05) is 0 Å². The standard InChI is InChI=1S/C25H38O3/c1-17(2)9-7-10-18(3)11-8-12-19(4)13-22(26)14-20(5)23-16-24(27)21(6)15-25(23)28/h9,11,13,15,22-23,25-26,28H,5,7-8,10,12,14,16H2,1-4,6H3/b18-11+,19-13?/t22-,23-,25-/m1/s1. The molecule has 0 saturated carbocycles. The van der Waals surface area contributed by atoms with Gasteiger partial charge in [0, 0.05) is 12.3 Å². The minimum absolute atomic E-state index is 0.0457. The summed E-state index contributed by atoms with van der Waals surface area (Å²) in [4.78, 5) is 11.9. The summed E-state index contributed by atoms with van der Waals surface area (Å²) in [6, 6.07) is 0. The van der Waals surface area contributed by atoms with Crippen molar-refractivity contribution in [1.82, 2.24) is 0 Å². The molecule has 0 bridgehead atoms. The maximum atomic E-state index is 11.9. The first-order valence-electron chi connectivity index (χ1n) is 10.3. The van der Waals surface area contributed by atoms with Gasteiger partial charge in [0.15, 0.2) is 5.78 Å². The molecule has 0 aromatic heterocycles. The first kappa shape index (κ1) is 24.3. The molecule has 0 heterocycles. The molecule has 0 radical (unpaired) electrons. The number of carbonyl (C=O) groups is 1. The predicted octanol–water partition coefficient (Wildman–Crippen LogP) is 5.61. The Kier molecular flexibility index (Phi) is 10.4. The lowest BCUT2D eigenvalue weighted by molar-refractivity contribution is -0.117. The first-order chi connectivity index (χ1) is 13.1. The van der Waals surface area contributed by atoms with Crippen molar-refractivity contribution in [3.63, 3.8) is 0 Å². The Morgan fingerprint density at radius 2 is 1.79 bits per heavy atom. The summed E-state index contributed by atoms with van der Waals surface area (Å²) in [6.45, 7) is 14.2. The molecule has 3 nitrogen and oxygen atoms in total. The van der Waals surface area contributed by atoms with Crippen molar-refractivity contribution in [1.29, 1.82) is 0 Å². The Morgan fingerprint density at radius 1 is 1.18 bits per heavy atom. The number of aliphatic hydroxyl groups is 2. The third-order valence-corrected chi connectivity index (χ3v) is 5.27. The number of hydrogen-bond donors (Lipinski definition) is 2. The van der Waals surface area contributed by atoms with Crippen LogP contribution in [0.5, 0.6) is 0 Å². The van der Waals surface area contributed by atoms with Crippen LogP contribution in [-0.4, -0.2) is 28.2 Å². The average molecular weight is 387 g/mol. The van der Waals surface area contributed by atoms with Crippen LogP contribution in [0.15, 0.2) is 58.7 Å². The fourth-order valence-electron chi connectivity index (χ4n) is 3.46. The minimum Gasteiger partial charge on any atom is -0.389 e. The molecule has 2 N–H and O–H groups in total. The molecule has 0 saturated heterocycles. The normalized spacial score (nSPS) is 22.0. The van der Waals surface area contributed by atoms with E-state index in [0.29, 0.717) is 12.0 Å². The summed E-state index contributed by atoms with van der Waals surface area (Å²) in [7, 11) is 0.